The standard InChI is InChI=1S/C19H19FN6O2/c1-21-18(27)14-7-13(17(20)16(8-14)28-2)4-3-12-9-22-19(23-10-12)26-15-5-6-24-25-11-15/h5-11H,3-4H2,1-2H3,(H,21,27)(H,22,23,24,26). The molecular weight excluding hydrogens is 363 g/mol. The molecule has 28 heavy (non-hydrogen) atoms. The molecule has 0 bridgehead atoms. The maximum atomic E-state index is 14.5. The van der Waals surface area contributed by atoms with E-state index in [4.69, 9.17) is 4.74 Å². The van der Waals surface area contributed by atoms with Gasteiger partial charge in [0.2, 0.25) is 5.95 Å². The van der Waals surface area contributed by atoms with Crippen LogP contribution in [0.2, 0.25) is 0 Å². The van der Waals surface area contributed by atoms with Crippen LogP contribution in [0.15, 0.2) is 43.0 Å². The molecule has 2 heterocycles. The number of methoxy groups -OCH3 is 1. The van der Waals surface area contributed by atoms with Crippen LogP contribution in [0.4, 0.5) is 16.0 Å². The van der Waals surface area contributed by atoms with Gasteiger partial charge in [0.05, 0.1) is 25.2 Å². The molecule has 1 aromatic carbocycles. The van der Waals surface area contributed by atoms with Gasteiger partial charge in [0.15, 0.2) is 11.6 Å². The Morgan fingerprint density at radius 3 is 2.57 bits per heavy atom. The van der Waals surface area contributed by atoms with E-state index >= 15 is 0 Å². The number of rotatable bonds is 7. The lowest BCUT2D eigenvalue weighted by atomic mass is 10.0. The van der Waals surface area contributed by atoms with Crippen molar-refractivity contribution in [2.24, 2.45) is 0 Å². The highest BCUT2D eigenvalue weighted by molar-refractivity contribution is 5.94. The monoisotopic (exact) mass is 382 g/mol. The molecule has 0 aliphatic heterocycles. The first-order valence-corrected chi connectivity index (χ1v) is 8.54. The maximum Gasteiger partial charge on any atom is 0.251 e. The molecule has 0 atom stereocenters. The molecule has 0 saturated carbocycles. The number of aromatic nitrogens is 4. The second-order valence-corrected chi connectivity index (χ2v) is 5.90. The van der Waals surface area contributed by atoms with Gasteiger partial charge in [-0.1, -0.05) is 0 Å². The number of ether oxygens (including phenoxy) is 1. The zero-order valence-electron chi connectivity index (χ0n) is 15.4. The summed E-state index contributed by atoms with van der Waals surface area (Å²) in [7, 11) is 2.89. The molecule has 9 heteroatoms. The van der Waals surface area contributed by atoms with E-state index in [2.05, 4.69) is 30.8 Å². The third-order valence-electron chi connectivity index (χ3n) is 4.05. The van der Waals surface area contributed by atoms with Crippen LogP contribution in [0.3, 0.4) is 0 Å². The minimum atomic E-state index is -0.473. The van der Waals surface area contributed by atoms with Crippen molar-refractivity contribution in [1.29, 1.82) is 0 Å². The fourth-order valence-electron chi connectivity index (χ4n) is 2.58. The summed E-state index contributed by atoms with van der Waals surface area (Å²) in [5, 5.41) is 13.0. The Kier molecular flexibility index (Phi) is 6.05. The number of halogens is 1. The first-order valence-electron chi connectivity index (χ1n) is 8.54. The maximum absolute atomic E-state index is 14.5. The number of hydrogen-bond acceptors (Lipinski definition) is 7. The number of carbonyl (C=O) groups is 1. The number of nitrogens with one attached hydrogen (secondary N) is 2. The van der Waals surface area contributed by atoms with Crippen molar-refractivity contribution >= 4 is 17.5 Å². The zero-order chi connectivity index (χ0) is 19.9. The van der Waals surface area contributed by atoms with Crippen molar-refractivity contribution < 1.29 is 13.9 Å². The topological polar surface area (TPSA) is 102 Å². The predicted octanol–water partition coefficient (Wildman–Crippen LogP) is 2.30. The molecular formula is C19H19FN6O2. The molecule has 1 amide bonds. The van der Waals surface area contributed by atoms with Gasteiger partial charge in [0, 0.05) is 25.0 Å². The number of nitrogens with zero attached hydrogens (tertiary/aromatic N) is 4. The van der Waals surface area contributed by atoms with Crippen molar-refractivity contribution in [2.75, 3.05) is 19.5 Å². The van der Waals surface area contributed by atoms with Crippen molar-refractivity contribution in [1.82, 2.24) is 25.5 Å². The van der Waals surface area contributed by atoms with Crippen LogP contribution >= 0.6 is 0 Å². The van der Waals surface area contributed by atoms with Crippen molar-refractivity contribution in [3.63, 3.8) is 0 Å². The number of benzene rings is 1. The molecule has 0 spiro atoms. The summed E-state index contributed by atoms with van der Waals surface area (Å²) in [5.74, 6) is -0.312. The van der Waals surface area contributed by atoms with Crippen molar-refractivity contribution in [3.8, 4) is 5.75 Å². The predicted molar refractivity (Wildman–Crippen MR) is 101 cm³/mol. The summed E-state index contributed by atoms with van der Waals surface area (Å²) in [6.07, 6.45) is 7.34. The highest BCUT2D eigenvalue weighted by Crippen LogP contribution is 2.24. The Bertz CT molecular complexity index is 951. The molecule has 0 radical (unpaired) electrons. The van der Waals surface area contributed by atoms with E-state index in [1.165, 1.54) is 26.3 Å². The van der Waals surface area contributed by atoms with Crippen LogP contribution in [0.25, 0.3) is 0 Å². The summed E-state index contributed by atoms with van der Waals surface area (Å²) in [4.78, 5) is 20.4. The fraction of sp³-hybridized carbons (Fsp3) is 0.211. The number of anilines is 2. The quantitative estimate of drug-likeness (QED) is 0.646. The van der Waals surface area contributed by atoms with Crippen LogP contribution in [0.5, 0.6) is 5.75 Å². The Balaban J connectivity index is 1.70. The third-order valence-corrected chi connectivity index (χ3v) is 4.05. The average molecular weight is 382 g/mol. The number of carbonyl (C=O) groups excluding carboxylic acids is 1. The Labute approximate surface area is 161 Å². The molecule has 8 nitrogen and oxygen atoms in total. The molecule has 0 aliphatic carbocycles. The summed E-state index contributed by atoms with van der Waals surface area (Å²) < 4.78 is 19.6. The van der Waals surface area contributed by atoms with Crippen LogP contribution in [-0.2, 0) is 12.8 Å². The van der Waals surface area contributed by atoms with Gasteiger partial charge in [0.25, 0.3) is 5.91 Å². The molecule has 0 saturated heterocycles. The fourth-order valence-corrected chi connectivity index (χ4v) is 2.58. The van der Waals surface area contributed by atoms with E-state index in [0.717, 1.165) is 11.3 Å². The molecule has 2 aromatic heterocycles. The highest BCUT2D eigenvalue weighted by atomic mass is 19.1. The lowest BCUT2D eigenvalue weighted by molar-refractivity contribution is 0.0962. The van der Waals surface area contributed by atoms with Crippen LogP contribution in [0, 0.1) is 5.82 Å². The van der Waals surface area contributed by atoms with Crippen LogP contribution in [0.1, 0.15) is 21.5 Å². The van der Waals surface area contributed by atoms with Crippen molar-refractivity contribution in [3.05, 3.63) is 65.5 Å². The summed E-state index contributed by atoms with van der Waals surface area (Å²) in [6.45, 7) is 0. The van der Waals surface area contributed by atoms with Gasteiger partial charge in [-0.2, -0.15) is 10.2 Å². The second-order valence-electron chi connectivity index (χ2n) is 5.90. The average Bonchev–Trinajstić information content (AvgIpc) is 2.74. The molecule has 0 aliphatic rings. The Hall–Kier alpha value is -3.62. The summed E-state index contributed by atoms with van der Waals surface area (Å²) in [6, 6.07) is 4.67. The van der Waals surface area contributed by atoms with Gasteiger partial charge in [-0.05, 0) is 42.2 Å². The van der Waals surface area contributed by atoms with Gasteiger partial charge in [0.1, 0.15) is 0 Å². The van der Waals surface area contributed by atoms with Crippen LogP contribution in [-0.4, -0.2) is 40.2 Å². The molecule has 2 N–H and O–H groups in total. The third kappa shape index (κ3) is 4.56. The minimum Gasteiger partial charge on any atom is -0.494 e. The molecule has 0 fully saturated rings. The molecule has 0 unspecified atom stereocenters. The van der Waals surface area contributed by atoms with Crippen molar-refractivity contribution in [2.45, 2.75) is 12.8 Å². The summed E-state index contributed by atoms with van der Waals surface area (Å²) in [5.41, 5.74) is 2.30. The van der Waals surface area contributed by atoms with E-state index in [-0.39, 0.29) is 11.7 Å². The van der Waals surface area contributed by atoms with E-state index in [1.54, 1.807) is 30.9 Å². The highest BCUT2D eigenvalue weighted by Gasteiger charge is 2.15. The smallest absolute Gasteiger partial charge is 0.251 e. The first-order chi connectivity index (χ1) is 13.6. The Morgan fingerprint density at radius 1 is 1.14 bits per heavy atom. The van der Waals surface area contributed by atoms with E-state index in [0.29, 0.717) is 29.9 Å². The lowest BCUT2D eigenvalue weighted by Crippen LogP contribution is -2.18. The van der Waals surface area contributed by atoms with Gasteiger partial charge < -0.3 is 15.4 Å². The molecule has 3 aromatic rings. The number of hydrogen-bond donors (Lipinski definition) is 2. The molecule has 3 rings (SSSR count). The normalized spacial score (nSPS) is 10.4. The first kappa shape index (κ1) is 19.2. The zero-order valence-corrected chi connectivity index (χ0v) is 15.4. The minimum absolute atomic E-state index is 0.0397. The number of aryl methyl sites for hydroxylation is 2. The second kappa shape index (κ2) is 8.85. The summed E-state index contributed by atoms with van der Waals surface area (Å²) >= 11 is 0. The Morgan fingerprint density at radius 2 is 1.93 bits per heavy atom. The van der Waals surface area contributed by atoms with E-state index < -0.39 is 5.82 Å². The van der Waals surface area contributed by atoms with E-state index in [1.807, 2.05) is 0 Å². The SMILES string of the molecule is CNC(=O)c1cc(CCc2cnc(Nc3ccnnc3)nc2)c(F)c(OC)c1. The molecule has 144 valence electrons. The largest absolute Gasteiger partial charge is 0.494 e. The van der Waals surface area contributed by atoms with Gasteiger partial charge in [-0.3, -0.25) is 4.79 Å². The van der Waals surface area contributed by atoms with Gasteiger partial charge in [-0.25, -0.2) is 14.4 Å². The van der Waals surface area contributed by atoms with Crippen LogP contribution < -0.4 is 15.4 Å². The van der Waals surface area contributed by atoms with E-state index in [9.17, 15) is 9.18 Å². The lowest BCUT2D eigenvalue weighted by Gasteiger charge is -2.11. The number of amides is 1. The van der Waals surface area contributed by atoms with Gasteiger partial charge >= 0.3 is 0 Å². The van der Waals surface area contributed by atoms with Gasteiger partial charge in [-0.15, -0.1) is 0 Å².